The molecule has 2 aromatic rings. The van der Waals surface area contributed by atoms with Crippen molar-refractivity contribution >= 4 is 40.2 Å². The van der Waals surface area contributed by atoms with E-state index in [0.29, 0.717) is 27.0 Å². The van der Waals surface area contributed by atoms with Gasteiger partial charge < -0.3 is 25.4 Å². The number of nitrogens with zero attached hydrogens (tertiary/aromatic N) is 2. The van der Waals surface area contributed by atoms with Gasteiger partial charge in [0.25, 0.3) is 0 Å². The van der Waals surface area contributed by atoms with Crippen molar-refractivity contribution in [3.63, 3.8) is 0 Å². The molecule has 24 heavy (non-hydrogen) atoms. The highest BCUT2D eigenvalue weighted by Gasteiger charge is 2.44. The van der Waals surface area contributed by atoms with Crippen molar-refractivity contribution in [2.75, 3.05) is 11.9 Å². The molecular formula is C15H19Cl2N3O4. The number of halogens is 2. The second kappa shape index (κ2) is 6.67. The SMILES string of the molecule is CC(C)Nc1nc2cc(Cl)c(Cl)cc2n1[C@@H]1O[C@H](CO)C(O)[C@@H]1O. The third-order valence-electron chi connectivity index (χ3n) is 3.92. The van der Waals surface area contributed by atoms with Crippen molar-refractivity contribution < 1.29 is 20.1 Å². The van der Waals surface area contributed by atoms with E-state index in [1.54, 1.807) is 16.7 Å². The van der Waals surface area contributed by atoms with Crippen molar-refractivity contribution in [1.82, 2.24) is 9.55 Å². The Bertz CT molecular complexity index is 752. The molecule has 0 aliphatic carbocycles. The number of hydrogen-bond acceptors (Lipinski definition) is 6. The minimum absolute atomic E-state index is 0.0728. The van der Waals surface area contributed by atoms with E-state index in [-0.39, 0.29) is 6.04 Å². The summed E-state index contributed by atoms with van der Waals surface area (Å²) < 4.78 is 7.26. The van der Waals surface area contributed by atoms with Crippen LogP contribution >= 0.6 is 23.2 Å². The third-order valence-corrected chi connectivity index (χ3v) is 4.64. The molecule has 1 aromatic carbocycles. The summed E-state index contributed by atoms with van der Waals surface area (Å²) in [6.45, 7) is 3.49. The molecule has 2 heterocycles. The fourth-order valence-corrected chi connectivity index (χ4v) is 3.12. The van der Waals surface area contributed by atoms with Crippen molar-refractivity contribution in [3.8, 4) is 0 Å². The van der Waals surface area contributed by atoms with Crippen molar-refractivity contribution in [2.24, 2.45) is 0 Å². The highest BCUT2D eigenvalue weighted by atomic mass is 35.5. The molecule has 132 valence electrons. The molecule has 0 amide bonds. The van der Waals surface area contributed by atoms with Crippen LogP contribution in [0.3, 0.4) is 0 Å². The molecule has 1 unspecified atom stereocenters. The normalized spacial score (nSPS) is 27.3. The number of aromatic nitrogens is 2. The Kier molecular flexibility index (Phi) is 4.92. The first-order chi connectivity index (χ1) is 11.3. The summed E-state index contributed by atoms with van der Waals surface area (Å²) in [4.78, 5) is 4.48. The highest BCUT2D eigenvalue weighted by molar-refractivity contribution is 6.42. The smallest absolute Gasteiger partial charge is 0.206 e. The predicted molar refractivity (Wildman–Crippen MR) is 91.5 cm³/mol. The molecule has 4 atom stereocenters. The maximum Gasteiger partial charge on any atom is 0.206 e. The molecule has 1 aliphatic heterocycles. The number of aliphatic hydroxyl groups excluding tert-OH is 3. The van der Waals surface area contributed by atoms with Crippen LogP contribution in [-0.2, 0) is 4.74 Å². The van der Waals surface area contributed by atoms with Crippen LogP contribution in [-0.4, -0.2) is 55.8 Å². The van der Waals surface area contributed by atoms with Crippen LogP contribution < -0.4 is 5.32 Å². The number of anilines is 1. The maximum absolute atomic E-state index is 10.4. The van der Waals surface area contributed by atoms with Crippen molar-refractivity contribution in [3.05, 3.63) is 22.2 Å². The standard InChI is InChI=1S/C15H19Cl2N3O4/c1-6(2)18-15-19-9-3-7(16)8(17)4-10(9)20(15)14-13(23)12(22)11(5-21)24-14/h3-4,6,11-14,21-23H,5H2,1-2H3,(H,18,19)/t11-,12?,13+,14-/m1/s1. The first-order valence-electron chi connectivity index (χ1n) is 7.59. The number of hydrogen-bond donors (Lipinski definition) is 4. The number of aliphatic hydroxyl groups is 3. The second-order valence-electron chi connectivity index (χ2n) is 6.09. The van der Waals surface area contributed by atoms with Crippen LogP contribution in [0.25, 0.3) is 11.0 Å². The number of nitrogens with one attached hydrogen (secondary N) is 1. The lowest BCUT2D eigenvalue weighted by atomic mass is 10.1. The lowest BCUT2D eigenvalue weighted by Crippen LogP contribution is -2.33. The van der Waals surface area contributed by atoms with Gasteiger partial charge in [-0.1, -0.05) is 23.2 Å². The van der Waals surface area contributed by atoms with Gasteiger partial charge in [-0.25, -0.2) is 4.98 Å². The second-order valence-corrected chi connectivity index (χ2v) is 6.90. The number of rotatable bonds is 4. The number of imidazole rings is 1. The Morgan fingerprint density at radius 3 is 2.50 bits per heavy atom. The molecule has 1 aromatic heterocycles. The summed E-state index contributed by atoms with van der Waals surface area (Å²) >= 11 is 12.2. The summed E-state index contributed by atoms with van der Waals surface area (Å²) in [5.74, 6) is 0.452. The van der Waals surface area contributed by atoms with Gasteiger partial charge in [0.05, 0.1) is 27.7 Å². The van der Waals surface area contributed by atoms with Gasteiger partial charge in [-0.15, -0.1) is 0 Å². The first kappa shape index (κ1) is 17.7. The Labute approximate surface area is 148 Å². The number of ether oxygens (including phenoxy) is 1. The van der Waals surface area contributed by atoms with Crippen molar-refractivity contribution in [2.45, 2.75) is 44.4 Å². The van der Waals surface area contributed by atoms with E-state index in [0.717, 1.165) is 0 Å². The van der Waals surface area contributed by atoms with Crippen LogP contribution in [0.5, 0.6) is 0 Å². The lowest BCUT2D eigenvalue weighted by molar-refractivity contribution is -0.0499. The average Bonchev–Trinajstić information content (AvgIpc) is 2.97. The zero-order valence-electron chi connectivity index (χ0n) is 13.1. The van der Waals surface area contributed by atoms with E-state index in [4.69, 9.17) is 27.9 Å². The van der Waals surface area contributed by atoms with E-state index in [2.05, 4.69) is 10.3 Å². The molecular weight excluding hydrogens is 357 g/mol. The molecule has 7 nitrogen and oxygen atoms in total. The monoisotopic (exact) mass is 375 g/mol. The average molecular weight is 376 g/mol. The van der Waals surface area contributed by atoms with Crippen LogP contribution in [0.4, 0.5) is 5.95 Å². The van der Waals surface area contributed by atoms with E-state index in [9.17, 15) is 15.3 Å². The number of fused-ring (bicyclic) bond motifs is 1. The van der Waals surface area contributed by atoms with Crippen LogP contribution in [0.1, 0.15) is 20.1 Å². The Morgan fingerprint density at radius 1 is 1.25 bits per heavy atom. The van der Waals surface area contributed by atoms with Gasteiger partial charge in [0.1, 0.15) is 18.3 Å². The zero-order chi connectivity index (χ0) is 17.6. The first-order valence-corrected chi connectivity index (χ1v) is 8.35. The molecule has 1 aliphatic rings. The molecule has 3 rings (SSSR count). The summed E-state index contributed by atoms with van der Waals surface area (Å²) in [5, 5.41) is 33.6. The van der Waals surface area contributed by atoms with Gasteiger partial charge in [0.15, 0.2) is 6.23 Å². The van der Waals surface area contributed by atoms with Gasteiger partial charge in [-0.2, -0.15) is 0 Å². The summed E-state index contributed by atoms with van der Waals surface area (Å²) in [6, 6.07) is 3.33. The fraction of sp³-hybridized carbons (Fsp3) is 0.533. The molecule has 0 bridgehead atoms. The topological polar surface area (TPSA) is 99.8 Å². The lowest BCUT2D eigenvalue weighted by Gasteiger charge is -2.21. The minimum atomic E-state index is -1.22. The molecule has 4 N–H and O–H groups in total. The highest BCUT2D eigenvalue weighted by Crippen LogP contribution is 2.37. The van der Waals surface area contributed by atoms with E-state index >= 15 is 0 Å². The predicted octanol–water partition coefficient (Wildman–Crippen LogP) is 1.77. The van der Waals surface area contributed by atoms with Gasteiger partial charge in [0.2, 0.25) is 5.95 Å². The minimum Gasteiger partial charge on any atom is -0.394 e. The van der Waals surface area contributed by atoms with Gasteiger partial charge in [-0.3, -0.25) is 4.57 Å². The summed E-state index contributed by atoms with van der Waals surface area (Å²) in [6.07, 6.45) is -4.22. The maximum atomic E-state index is 10.4. The van der Waals surface area contributed by atoms with E-state index in [1.165, 1.54) is 0 Å². The van der Waals surface area contributed by atoms with E-state index in [1.807, 2.05) is 13.8 Å². The van der Waals surface area contributed by atoms with Crippen LogP contribution in [0.15, 0.2) is 12.1 Å². The third kappa shape index (κ3) is 2.96. The molecule has 1 fully saturated rings. The van der Waals surface area contributed by atoms with Gasteiger partial charge >= 0.3 is 0 Å². The quantitative estimate of drug-likeness (QED) is 0.649. The fourth-order valence-electron chi connectivity index (χ4n) is 2.80. The van der Waals surface area contributed by atoms with E-state index < -0.39 is 31.1 Å². The van der Waals surface area contributed by atoms with Crippen molar-refractivity contribution in [1.29, 1.82) is 0 Å². The Balaban J connectivity index is 2.15. The molecule has 0 radical (unpaired) electrons. The number of benzene rings is 1. The largest absolute Gasteiger partial charge is 0.394 e. The molecule has 9 heteroatoms. The van der Waals surface area contributed by atoms with Gasteiger partial charge in [-0.05, 0) is 26.0 Å². The summed E-state index contributed by atoms with van der Waals surface area (Å²) in [7, 11) is 0. The Hall–Kier alpha value is -1.09. The molecule has 1 saturated heterocycles. The van der Waals surface area contributed by atoms with Gasteiger partial charge in [0, 0.05) is 6.04 Å². The molecule has 0 spiro atoms. The zero-order valence-corrected chi connectivity index (χ0v) is 14.7. The van der Waals surface area contributed by atoms with Crippen LogP contribution in [0.2, 0.25) is 10.0 Å². The molecule has 0 saturated carbocycles. The summed E-state index contributed by atoms with van der Waals surface area (Å²) in [5.41, 5.74) is 1.17. The van der Waals surface area contributed by atoms with Crippen LogP contribution in [0, 0.1) is 0 Å². The Morgan fingerprint density at radius 2 is 1.92 bits per heavy atom.